The van der Waals surface area contributed by atoms with Crippen LogP contribution in [0.1, 0.15) is 37.6 Å². The van der Waals surface area contributed by atoms with Crippen molar-refractivity contribution in [3.63, 3.8) is 0 Å². The standard InChI is InChI=1S/C17H20N2O2/c1-10-9-13-12-5-3-4-6-14(12)18-16(13)11(2)19(10)17(20)15-7-8-21-15/h3-6,10-11,15,18H,7-9H2,1-2H3/t10-,11-,15?/m1/s1. The lowest BCUT2D eigenvalue weighted by molar-refractivity contribution is -0.161. The average molecular weight is 284 g/mol. The molecule has 2 aromatic rings. The van der Waals surface area contributed by atoms with Crippen LogP contribution in [0.2, 0.25) is 0 Å². The predicted molar refractivity (Wildman–Crippen MR) is 81.1 cm³/mol. The summed E-state index contributed by atoms with van der Waals surface area (Å²) in [6, 6.07) is 8.67. The van der Waals surface area contributed by atoms with E-state index in [4.69, 9.17) is 4.74 Å². The highest BCUT2D eigenvalue weighted by atomic mass is 16.5. The third kappa shape index (κ3) is 1.82. The number of hydrogen-bond donors (Lipinski definition) is 1. The second kappa shape index (κ2) is 4.60. The molecule has 1 fully saturated rings. The number of H-pyrrole nitrogens is 1. The van der Waals surface area contributed by atoms with Crippen LogP contribution in [-0.4, -0.2) is 34.5 Å². The van der Waals surface area contributed by atoms with E-state index in [2.05, 4.69) is 37.0 Å². The molecule has 3 heterocycles. The molecule has 4 heteroatoms. The molecule has 1 saturated heterocycles. The van der Waals surface area contributed by atoms with Gasteiger partial charge in [-0.05, 0) is 31.9 Å². The van der Waals surface area contributed by atoms with Crippen molar-refractivity contribution in [1.82, 2.24) is 9.88 Å². The van der Waals surface area contributed by atoms with Gasteiger partial charge in [0.1, 0.15) is 6.10 Å². The van der Waals surface area contributed by atoms with Gasteiger partial charge in [0.2, 0.25) is 0 Å². The molecule has 0 radical (unpaired) electrons. The fourth-order valence-electron chi connectivity index (χ4n) is 3.72. The molecule has 110 valence electrons. The molecule has 0 saturated carbocycles. The number of fused-ring (bicyclic) bond motifs is 3. The third-order valence-electron chi connectivity index (χ3n) is 4.89. The highest BCUT2D eigenvalue weighted by Crippen LogP contribution is 2.37. The van der Waals surface area contributed by atoms with Gasteiger partial charge in [0.25, 0.3) is 5.91 Å². The van der Waals surface area contributed by atoms with Crippen LogP contribution < -0.4 is 0 Å². The van der Waals surface area contributed by atoms with Crippen LogP contribution in [0.25, 0.3) is 10.9 Å². The number of aromatic nitrogens is 1. The van der Waals surface area contributed by atoms with Gasteiger partial charge in [0.15, 0.2) is 0 Å². The van der Waals surface area contributed by atoms with Crippen LogP contribution in [0.15, 0.2) is 24.3 Å². The SMILES string of the molecule is C[C@@H]1Cc2c([nH]c3ccccc23)[C@@H](C)N1C(=O)C1CCO1. The van der Waals surface area contributed by atoms with Gasteiger partial charge in [-0.25, -0.2) is 0 Å². The Morgan fingerprint density at radius 1 is 1.33 bits per heavy atom. The van der Waals surface area contributed by atoms with Crippen LogP contribution in [0.3, 0.4) is 0 Å². The topological polar surface area (TPSA) is 45.3 Å². The number of amides is 1. The monoisotopic (exact) mass is 284 g/mol. The van der Waals surface area contributed by atoms with Crippen molar-refractivity contribution >= 4 is 16.8 Å². The van der Waals surface area contributed by atoms with Gasteiger partial charge in [-0.15, -0.1) is 0 Å². The zero-order valence-corrected chi connectivity index (χ0v) is 12.4. The molecule has 3 atom stereocenters. The number of para-hydroxylation sites is 1. The van der Waals surface area contributed by atoms with Gasteiger partial charge in [-0.1, -0.05) is 18.2 Å². The molecular formula is C17H20N2O2. The minimum absolute atomic E-state index is 0.0767. The van der Waals surface area contributed by atoms with Crippen molar-refractivity contribution in [2.75, 3.05) is 6.61 Å². The molecule has 2 aliphatic heterocycles. The van der Waals surface area contributed by atoms with E-state index < -0.39 is 0 Å². The molecule has 21 heavy (non-hydrogen) atoms. The number of ether oxygens (including phenoxy) is 1. The maximum Gasteiger partial charge on any atom is 0.252 e. The predicted octanol–water partition coefficient (Wildman–Crippen LogP) is 2.79. The molecule has 4 nitrogen and oxygen atoms in total. The second-order valence-electron chi connectivity index (χ2n) is 6.19. The van der Waals surface area contributed by atoms with E-state index >= 15 is 0 Å². The van der Waals surface area contributed by atoms with E-state index in [-0.39, 0.29) is 24.1 Å². The van der Waals surface area contributed by atoms with Gasteiger partial charge >= 0.3 is 0 Å². The summed E-state index contributed by atoms with van der Waals surface area (Å²) in [6.45, 7) is 4.96. The van der Waals surface area contributed by atoms with Crippen molar-refractivity contribution in [3.8, 4) is 0 Å². The quantitative estimate of drug-likeness (QED) is 0.875. The maximum atomic E-state index is 12.6. The van der Waals surface area contributed by atoms with Crippen LogP contribution in [0.5, 0.6) is 0 Å². The minimum atomic E-state index is -0.221. The van der Waals surface area contributed by atoms with E-state index in [0.29, 0.717) is 6.61 Å². The first-order valence-electron chi connectivity index (χ1n) is 7.70. The summed E-state index contributed by atoms with van der Waals surface area (Å²) in [7, 11) is 0. The number of nitrogens with zero attached hydrogens (tertiary/aromatic N) is 1. The fourth-order valence-corrected chi connectivity index (χ4v) is 3.72. The van der Waals surface area contributed by atoms with Crippen LogP contribution in [-0.2, 0) is 16.0 Å². The lowest BCUT2D eigenvalue weighted by atomic mass is 9.92. The number of aromatic amines is 1. The van der Waals surface area contributed by atoms with E-state index in [0.717, 1.165) is 18.4 Å². The maximum absolute atomic E-state index is 12.6. The Morgan fingerprint density at radius 2 is 2.10 bits per heavy atom. The Morgan fingerprint density at radius 3 is 2.81 bits per heavy atom. The average Bonchev–Trinajstić information content (AvgIpc) is 2.76. The minimum Gasteiger partial charge on any atom is -0.368 e. The number of carbonyl (C=O) groups excluding carboxylic acids is 1. The zero-order valence-electron chi connectivity index (χ0n) is 12.4. The van der Waals surface area contributed by atoms with E-state index in [9.17, 15) is 4.79 Å². The van der Waals surface area contributed by atoms with E-state index in [1.807, 2.05) is 11.0 Å². The summed E-state index contributed by atoms with van der Waals surface area (Å²) in [5, 5.41) is 1.29. The Bertz CT molecular complexity index is 702. The molecule has 2 aliphatic rings. The van der Waals surface area contributed by atoms with Crippen molar-refractivity contribution in [2.45, 2.75) is 44.9 Å². The van der Waals surface area contributed by atoms with Gasteiger partial charge in [-0.2, -0.15) is 0 Å². The molecular weight excluding hydrogens is 264 g/mol. The lowest BCUT2D eigenvalue weighted by Crippen LogP contribution is -2.52. The number of benzene rings is 1. The highest BCUT2D eigenvalue weighted by molar-refractivity contribution is 5.87. The van der Waals surface area contributed by atoms with Gasteiger partial charge in [0.05, 0.1) is 12.6 Å². The summed E-state index contributed by atoms with van der Waals surface area (Å²) in [4.78, 5) is 18.1. The first-order valence-corrected chi connectivity index (χ1v) is 7.70. The Kier molecular flexibility index (Phi) is 2.82. The Balaban J connectivity index is 1.76. The van der Waals surface area contributed by atoms with Crippen molar-refractivity contribution in [3.05, 3.63) is 35.5 Å². The smallest absolute Gasteiger partial charge is 0.252 e. The molecule has 4 rings (SSSR count). The molecule has 1 unspecified atom stereocenters. The Labute approximate surface area is 124 Å². The summed E-state index contributed by atoms with van der Waals surface area (Å²) in [6.07, 6.45) is 1.54. The van der Waals surface area contributed by atoms with Crippen molar-refractivity contribution in [1.29, 1.82) is 0 Å². The largest absolute Gasteiger partial charge is 0.368 e. The van der Waals surface area contributed by atoms with Crippen molar-refractivity contribution in [2.24, 2.45) is 0 Å². The number of nitrogens with one attached hydrogen (secondary N) is 1. The van der Waals surface area contributed by atoms with Crippen LogP contribution in [0.4, 0.5) is 0 Å². The number of carbonyl (C=O) groups is 1. The van der Waals surface area contributed by atoms with Crippen LogP contribution >= 0.6 is 0 Å². The van der Waals surface area contributed by atoms with Gasteiger partial charge < -0.3 is 14.6 Å². The van der Waals surface area contributed by atoms with E-state index in [1.165, 1.54) is 16.6 Å². The van der Waals surface area contributed by atoms with Gasteiger partial charge in [0, 0.05) is 29.1 Å². The molecule has 1 amide bonds. The lowest BCUT2D eigenvalue weighted by Gasteiger charge is -2.42. The molecule has 1 N–H and O–H groups in total. The second-order valence-corrected chi connectivity index (χ2v) is 6.19. The first kappa shape index (κ1) is 12.9. The molecule has 1 aromatic heterocycles. The third-order valence-corrected chi connectivity index (χ3v) is 4.89. The number of hydrogen-bond acceptors (Lipinski definition) is 2. The van der Waals surface area contributed by atoms with E-state index in [1.54, 1.807) is 0 Å². The molecule has 0 aliphatic carbocycles. The van der Waals surface area contributed by atoms with Crippen LogP contribution in [0, 0.1) is 0 Å². The molecule has 0 spiro atoms. The molecule has 1 aromatic carbocycles. The highest BCUT2D eigenvalue weighted by Gasteiger charge is 2.39. The summed E-state index contributed by atoms with van der Waals surface area (Å²) in [5.41, 5.74) is 3.71. The first-order chi connectivity index (χ1) is 10.2. The summed E-state index contributed by atoms with van der Waals surface area (Å²) >= 11 is 0. The summed E-state index contributed by atoms with van der Waals surface area (Å²) in [5.74, 6) is 0.144. The normalized spacial score (nSPS) is 28.3. The molecule has 0 bridgehead atoms. The Hall–Kier alpha value is -1.81. The zero-order chi connectivity index (χ0) is 14.6. The fraction of sp³-hybridized carbons (Fsp3) is 0.471. The van der Waals surface area contributed by atoms with Gasteiger partial charge in [-0.3, -0.25) is 4.79 Å². The van der Waals surface area contributed by atoms with Crippen molar-refractivity contribution < 1.29 is 9.53 Å². The summed E-state index contributed by atoms with van der Waals surface area (Å²) < 4.78 is 5.39. The number of rotatable bonds is 1.